The van der Waals surface area contributed by atoms with Gasteiger partial charge in [-0.2, -0.15) is 0 Å². The van der Waals surface area contributed by atoms with Gasteiger partial charge in [0.15, 0.2) is 10.8 Å². The van der Waals surface area contributed by atoms with Gasteiger partial charge in [-0.05, 0) is 37.3 Å². The van der Waals surface area contributed by atoms with Crippen molar-refractivity contribution in [1.82, 2.24) is 4.98 Å². The second kappa shape index (κ2) is 7.72. The van der Waals surface area contributed by atoms with E-state index in [-0.39, 0.29) is 11.8 Å². The SMILES string of the molecule is CCC(=O)Nc1ccc(Cl)c(NC(=O)c2nc(-c3ccco3)sc2C)c1. The summed E-state index contributed by atoms with van der Waals surface area (Å²) >= 11 is 7.54. The molecule has 8 heteroatoms. The van der Waals surface area contributed by atoms with Crippen molar-refractivity contribution in [1.29, 1.82) is 0 Å². The Morgan fingerprint density at radius 2 is 2.08 bits per heavy atom. The molecule has 0 unspecified atom stereocenters. The zero-order valence-electron chi connectivity index (χ0n) is 14.1. The number of rotatable bonds is 5. The minimum atomic E-state index is -0.377. The van der Waals surface area contributed by atoms with E-state index in [4.69, 9.17) is 16.0 Å². The number of hydrogen-bond acceptors (Lipinski definition) is 5. The number of nitrogens with zero attached hydrogens (tertiary/aromatic N) is 1. The highest BCUT2D eigenvalue weighted by atomic mass is 35.5. The summed E-state index contributed by atoms with van der Waals surface area (Å²) in [5, 5.41) is 6.48. The lowest BCUT2D eigenvalue weighted by atomic mass is 10.2. The monoisotopic (exact) mass is 389 g/mol. The number of carbonyl (C=O) groups is 2. The molecule has 0 saturated carbocycles. The molecule has 0 radical (unpaired) electrons. The van der Waals surface area contributed by atoms with Crippen LogP contribution in [-0.2, 0) is 4.79 Å². The molecule has 0 aliphatic rings. The van der Waals surface area contributed by atoms with E-state index in [1.807, 2.05) is 6.92 Å². The largest absolute Gasteiger partial charge is 0.462 e. The molecule has 0 atom stereocenters. The summed E-state index contributed by atoms with van der Waals surface area (Å²) in [6.07, 6.45) is 1.92. The Hall–Kier alpha value is -2.64. The van der Waals surface area contributed by atoms with Crippen LogP contribution in [0.3, 0.4) is 0 Å². The van der Waals surface area contributed by atoms with Crippen molar-refractivity contribution < 1.29 is 14.0 Å². The van der Waals surface area contributed by atoms with E-state index in [0.717, 1.165) is 4.88 Å². The Morgan fingerprint density at radius 3 is 2.77 bits per heavy atom. The molecule has 26 heavy (non-hydrogen) atoms. The molecule has 2 N–H and O–H groups in total. The summed E-state index contributed by atoms with van der Waals surface area (Å²) in [6.45, 7) is 3.58. The van der Waals surface area contributed by atoms with E-state index in [1.165, 1.54) is 11.3 Å². The normalized spacial score (nSPS) is 10.6. The van der Waals surface area contributed by atoms with Crippen molar-refractivity contribution >= 4 is 46.1 Å². The van der Waals surface area contributed by atoms with Crippen LogP contribution < -0.4 is 10.6 Å². The third-order valence-corrected chi connectivity index (χ3v) is 4.88. The summed E-state index contributed by atoms with van der Waals surface area (Å²) in [4.78, 5) is 29.3. The average molecular weight is 390 g/mol. The molecule has 0 bridgehead atoms. The first-order valence-corrected chi connectivity index (χ1v) is 9.09. The molecule has 2 heterocycles. The number of halogens is 1. The molecule has 1 aromatic carbocycles. The zero-order valence-corrected chi connectivity index (χ0v) is 15.7. The minimum Gasteiger partial charge on any atom is -0.462 e. The van der Waals surface area contributed by atoms with E-state index >= 15 is 0 Å². The van der Waals surface area contributed by atoms with Crippen molar-refractivity contribution in [3.05, 3.63) is 52.2 Å². The van der Waals surface area contributed by atoms with Crippen LogP contribution in [0.4, 0.5) is 11.4 Å². The standard InChI is InChI=1S/C18H16ClN3O3S/c1-3-15(23)20-11-6-7-12(19)13(9-11)21-17(24)16-10(2)26-18(22-16)14-5-4-8-25-14/h4-9H,3H2,1-2H3,(H,20,23)(H,21,24). The second-order valence-corrected chi connectivity index (χ2v) is 7.06. The zero-order chi connectivity index (χ0) is 18.7. The number of amides is 2. The maximum Gasteiger partial charge on any atom is 0.275 e. The van der Waals surface area contributed by atoms with Crippen LogP contribution in [0, 0.1) is 6.92 Å². The third kappa shape index (κ3) is 3.95. The molecule has 0 fully saturated rings. The van der Waals surface area contributed by atoms with Crippen LogP contribution in [0.2, 0.25) is 5.02 Å². The molecule has 0 spiro atoms. The van der Waals surface area contributed by atoms with Gasteiger partial charge in [0, 0.05) is 17.0 Å². The van der Waals surface area contributed by atoms with Crippen molar-refractivity contribution in [3.8, 4) is 10.8 Å². The highest BCUT2D eigenvalue weighted by Gasteiger charge is 2.18. The average Bonchev–Trinajstić information content (AvgIpc) is 3.27. The van der Waals surface area contributed by atoms with Gasteiger partial charge in [0.05, 0.1) is 17.0 Å². The highest BCUT2D eigenvalue weighted by Crippen LogP contribution is 2.30. The van der Waals surface area contributed by atoms with Gasteiger partial charge in [-0.1, -0.05) is 18.5 Å². The van der Waals surface area contributed by atoms with Crippen LogP contribution in [-0.4, -0.2) is 16.8 Å². The Balaban J connectivity index is 1.82. The number of hydrogen-bond donors (Lipinski definition) is 2. The van der Waals surface area contributed by atoms with Crippen molar-refractivity contribution in [3.63, 3.8) is 0 Å². The van der Waals surface area contributed by atoms with Gasteiger partial charge in [-0.15, -0.1) is 11.3 Å². The molecule has 2 amide bonds. The third-order valence-electron chi connectivity index (χ3n) is 3.56. The van der Waals surface area contributed by atoms with Crippen LogP contribution in [0.15, 0.2) is 41.0 Å². The van der Waals surface area contributed by atoms with Gasteiger partial charge in [0.25, 0.3) is 5.91 Å². The second-order valence-electron chi connectivity index (χ2n) is 5.45. The maximum absolute atomic E-state index is 12.6. The van der Waals surface area contributed by atoms with E-state index in [2.05, 4.69) is 15.6 Å². The Bertz CT molecular complexity index is 951. The topological polar surface area (TPSA) is 84.2 Å². The highest BCUT2D eigenvalue weighted by molar-refractivity contribution is 7.15. The number of carbonyl (C=O) groups excluding carboxylic acids is 2. The van der Waals surface area contributed by atoms with Crippen LogP contribution in [0.25, 0.3) is 10.8 Å². The number of aryl methyl sites for hydroxylation is 1. The number of benzene rings is 1. The van der Waals surface area contributed by atoms with Crippen molar-refractivity contribution in [2.24, 2.45) is 0 Å². The van der Waals surface area contributed by atoms with E-state index < -0.39 is 0 Å². The first-order valence-electron chi connectivity index (χ1n) is 7.90. The number of furan rings is 1. The lowest BCUT2D eigenvalue weighted by Gasteiger charge is -2.10. The predicted molar refractivity (Wildman–Crippen MR) is 103 cm³/mol. The number of aromatic nitrogens is 1. The van der Waals surface area contributed by atoms with Crippen LogP contribution in [0.1, 0.15) is 28.7 Å². The lowest BCUT2D eigenvalue weighted by molar-refractivity contribution is -0.115. The molecule has 0 aliphatic heterocycles. The molecule has 0 aliphatic carbocycles. The van der Waals surface area contributed by atoms with Gasteiger partial charge in [-0.25, -0.2) is 4.98 Å². The molecule has 3 aromatic rings. The van der Waals surface area contributed by atoms with Crippen LogP contribution >= 0.6 is 22.9 Å². The summed E-state index contributed by atoms with van der Waals surface area (Å²) in [6, 6.07) is 8.46. The first kappa shape index (κ1) is 18.2. The van der Waals surface area contributed by atoms with Crippen molar-refractivity contribution in [2.45, 2.75) is 20.3 Å². The first-order chi connectivity index (χ1) is 12.5. The summed E-state index contributed by atoms with van der Waals surface area (Å²) < 4.78 is 5.32. The van der Waals surface area contributed by atoms with E-state index in [9.17, 15) is 9.59 Å². The summed E-state index contributed by atoms with van der Waals surface area (Å²) in [5.74, 6) is 0.111. The molecule has 0 saturated heterocycles. The molecule has 134 valence electrons. The van der Waals surface area contributed by atoms with Gasteiger partial charge >= 0.3 is 0 Å². The van der Waals surface area contributed by atoms with E-state index in [0.29, 0.717) is 39.3 Å². The summed E-state index contributed by atoms with van der Waals surface area (Å²) in [5.41, 5.74) is 1.26. The fourth-order valence-electron chi connectivity index (χ4n) is 2.24. The Kier molecular flexibility index (Phi) is 5.39. The number of thiazole rings is 1. The maximum atomic E-state index is 12.6. The van der Waals surface area contributed by atoms with Gasteiger partial charge in [-0.3, -0.25) is 9.59 Å². The van der Waals surface area contributed by atoms with Gasteiger partial charge < -0.3 is 15.1 Å². The van der Waals surface area contributed by atoms with Crippen LogP contribution in [0.5, 0.6) is 0 Å². The smallest absolute Gasteiger partial charge is 0.275 e. The lowest BCUT2D eigenvalue weighted by Crippen LogP contribution is -2.15. The number of anilines is 2. The molecule has 6 nitrogen and oxygen atoms in total. The predicted octanol–water partition coefficient (Wildman–Crippen LogP) is 4.97. The fraction of sp³-hybridized carbons (Fsp3) is 0.167. The quantitative estimate of drug-likeness (QED) is 0.645. The Labute approximate surface area is 159 Å². The minimum absolute atomic E-state index is 0.122. The molecular weight excluding hydrogens is 374 g/mol. The fourth-order valence-corrected chi connectivity index (χ4v) is 3.29. The Morgan fingerprint density at radius 1 is 1.27 bits per heavy atom. The molecular formula is C18H16ClN3O3S. The van der Waals surface area contributed by atoms with E-state index in [1.54, 1.807) is 43.5 Å². The summed E-state index contributed by atoms with van der Waals surface area (Å²) in [7, 11) is 0. The molecule has 2 aromatic heterocycles. The van der Waals surface area contributed by atoms with Gasteiger partial charge in [0.1, 0.15) is 5.69 Å². The number of nitrogens with one attached hydrogen (secondary N) is 2. The van der Waals surface area contributed by atoms with Gasteiger partial charge in [0.2, 0.25) is 5.91 Å². The van der Waals surface area contributed by atoms with Crippen molar-refractivity contribution in [2.75, 3.05) is 10.6 Å². The molecule has 3 rings (SSSR count).